The third-order valence-electron chi connectivity index (χ3n) is 3.97. The van der Waals surface area contributed by atoms with Gasteiger partial charge in [0.1, 0.15) is 0 Å². The third-order valence-corrected chi connectivity index (χ3v) is 3.97. The zero-order valence-corrected chi connectivity index (χ0v) is 11.2. The molecule has 4 heteroatoms. The van der Waals surface area contributed by atoms with Crippen LogP contribution in [0.15, 0.2) is 0 Å². The van der Waals surface area contributed by atoms with Crippen LogP contribution in [0.4, 0.5) is 0 Å². The molecule has 2 aliphatic rings. The molecular weight excluding hydrogens is 228 g/mol. The summed E-state index contributed by atoms with van der Waals surface area (Å²) in [7, 11) is 0. The first-order valence-electron chi connectivity index (χ1n) is 7.37. The average Bonchev–Trinajstić information content (AvgIpc) is 2.81. The number of carbonyl (C=O) groups is 2. The summed E-state index contributed by atoms with van der Waals surface area (Å²) in [6, 6.07) is 0. The summed E-state index contributed by atoms with van der Waals surface area (Å²) in [5.41, 5.74) is 0. The van der Waals surface area contributed by atoms with Crippen LogP contribution in [0.3, 0.4) is 0 Å². The minimum absolute atomic E-state index is 0.265. The first kappa shape index (κ1) is 13.4. The molecule has 18 heavy (non-hydrogen) atoms. The number of rotatable bonds is 0. The van der Waals surface area contributed by atoms with Crippen LogP contribution in [-0.2, 0) is 9.59 Å². The highest BCUT2D eigenvalue weighted by atomic mass is 16.2. The lowest BCUT2D eigenvalue weighted by Gasteiger charge is -2.25. The topological polar surface area (TPSA) is 40.6 Å². The fraction of sp³-hybridized carbons (Fsp3) is 0.857. The zero-order chi connectivity index (χ0) is 12.8. The molecule has 0 bridgehead atoms. The van der Waals surface area contributed by atoms with Crippen LogP contribution in [0.5, 0.6) is 0 Å². The fourth-order valence-corrected chi connectivity index (χ4v) is 2.82. The van der Waals surface area contributed by atoms with E-state index in [1.54, 1.807) is 9.80 Å². The van der Waals surface area contributed by atoms with Crippen molar-refractivity contribution < 1.29 is 9.59 Å². The molecular formula is C14H24N2O2. The van der Waals surface area contributed by atoms with Gasteiger partial charge in [-0.2, -0.15) is 0 Å². The summed E-state index contributed by atoms with van der Waals surface area (Å²) < 4.78 is 0. The standard InChI is InChI=1S/C14H24N2O2/c17-13(15-9-5-1-2-6-10-15)14(18)16-11-7-3-4-8-12-16/h1-12H2. The van der Waals surface area contributed by atoms with Gasteiger partial charge >= 0.3 is 11.8 Å². The second kappa shape index (κ2) is 6.76. The van der Waals surface area contributed by atoms with Crippen LogP contribution in [0.25, 0.3) is 0 Å². The molecule has 102 valence electrons. The monoisotopic (exact) mass is 252 g/mol. The van der Waals surface area contributed by atoms with Crippen LogP contribution in [0, 0.1) is 0 Å². The molecule has 0 atom stereocenters. The maximum absolute atomic E-state index is 12.2. The van der Waals surface area contributed by atoms with E-state index in [1.807, 2.05) is 0 Å². The molecule has 0 unspecified atom stereocenters. The Bertz CT molecular complexity index is 258. The largest absolute Gasteiger partial charge is 0.334 e. The molecule has 2 amide bonds. The summed E-state index contributed by atoms with van der Waals surface area (Å²) in [6.45, 7) is 3.05. The molecule has 0 saturated carbocycles. The summed E-state index contributed by atoms with van der Waals surface area (Å²) in [5, 5.41) is 0. The maximum atomic E-state index is 12.2. The van der Waals surface area contributed by atoms with E-state index in [0.717, 1.165) is 51.9 Å². The molecule has 0 aliphatic carbocycles. The molecule has 2 rings (SSSR count). The summed E-state index contributed by atoms with van der Waals surface area (Å²) in [6.07, 6.45) is 8.89. The first-order chi connectivity index (χ1) is 8.79. The second-order valence-electron chi connectivity index (χ2n) is 5.41. The number of amides is 2. The van der Waals surface area contributed by atoms with Crippen LogP contribution < -0.4 is 0 Å². The van der Waals surface area contributed by atoms with Gasteiger partial charge in [-0.05, 0) is 25.7 Å². The van der Waals surface area contributed by atoms with Gasteiger partial charge < -0.3 is 9.80 Å². The van der Waals surface area contributed by atoms with E-state index in [1.165, 1.54) is 25.7 Å². The normalized spacial score (nSPS) is 22.2. The molecule has 2 saturated heterocycles. The lowest BCUT2D eigenvalue weighted by atomic mass is 10.2. The van der Waals surface area contributed by atoms with Crippen molar-refractivity contribution in [3.63, 3.8) is 0 Å². The van der Waals surface area contributed by atoms with Crippen molar-refractivity contribution in [2.45, 2.75) is 51.4 Å². The first-order valence-corrected chi connectivity index (χ1v) is 7.37. The smallest absolute Gasteiger partial charge is 0.312 e. The van der Waals surface area contributed by atoms with Gasteiger partial charge in [-0.15, -0.1) is 0 Å². The predicted molar refractivity (Wildman–Crippen MR) is 70.1 cm³/mol. The lowest BCUT2D eigenvalue weighted by Crippen LogP contribution is -2.46. The molecule has 4 nitrogen and oxygen atoms in total. The number of likely N-dealkylation sites (tertiary alicyclic amines) is 2. The number of hydrogen-bond acceptors (Lipinski definition) is 2. The summed E-state index contributed by atoms with van der Waals surface area (Å²) >= 11 is 0. The van der Waals surface area contributed by atoms with Crippen molar-refractivity contribution in [1.82, 2.24) is 9.80 Å². The van der Waals surface area contributed by atoms with Crippen molar-refractivity contribution in [3.05, 3.63) is 0 Å². The Balaban J connectivity index is 1.91. The zero-order valence-electron chi connectivity index (χ0n) is 11.2. The van der Waals surface area contributed by atoms with E-state index >= 15 is 0 Å². The van der Waals surface area contributed by atoms with Crippen LogP contribution in [0.1, 0.15) is 51.4 Å². The molecule has 0 radical (unpaired) electrons. The highest BCUT2D eigenvalue weighted by molar-refractivity contribution is 6.34. The van der Waals surface area contributed by atoms with Crippen LogP contribution in [0.2, 0.25) is 0 Å². The summed E-state index contributed by atoms with van der Waals surface area (Å²) in [4.78, 5) is 27.9. The molecule has 2 heterocycles. The minimum atomic E-state index is -0.265. The van der Waals surface area contributed by atoms with E-state index < -0.39 is 0 Å². The quantitative estimate of drug-likeness (QED) is 0.617. The average molecular weight is 252 g/mol. The van der Waals surface area contributed by atoms with E-state index in [9.17, 15) is 9.59 Å². The Kier molecular flexibility index (Phi) is 5.02. The van der Waals surface area contributed by atoms with E-state index in [2.05, 4.69) is 0 Å². The van der Waals surface area contributed by atoms with Crippen LogP contribution >= 0.6 is 0 Å². The van der Waals surface area contributed by atoms with Crippen molar-refractivity contribution in [2.24, 2.45) is 0 Å². The van der Waals surface area contributed by atoms with Gasteiger partial charge in [-0.3, -0.25) is 9.59 Å². The number of carbonyl (C=O) groups excluding carboxylic acids is 2. The van der Waals surface area contributed by atoms with Crippen molar-refractivity contribution in [2.75, 3.05) is 26.2 Å². The molecule has 0 aromatic heterocycles. The maximum Gasteiger partial charge on any atom is 0.312 e. The Morgan fingerprint density at radius 3 is 1.06 bits per heavy atom. The van der Waals surface area contributed by atoms with Crippen molar-refractivity contribution >= 4 is 11.8 Å². The molecule has 0 aromatic carbocycles. The van der Waals surface area contributed by atoms with Crippen molar-refractivity contribution in [3.8, 4) is 0 Å². The Labute approximate surface area is 109 Å². The highest BCUT2D eigenvalue weighted by Gasteiger charge is 2.27. The van der Waals surface area contributed by atoms with Crippen LogP contribution in [-0.4, -0.2) is 47.8 Å². The van der Waals surface area contributed by atoms with E-state index in [0.29, 0.717) is 0 Å². The van der Waals surface area contributed by atoms with Gasteiger partial charge in [-0.25, -0.2) is 0 Å². The van der Waals surface area contributed by atoms with Gasteiger partial charge in [0, 0.05) is 26.2 Å². The van der Waals surface area contributed by atoms with Gasteiger partial charge in [0.2, 0.25) is 0 Å². The van der Waals surface area contributed by atoms with Gasteiger partial charge in [0.15, 0.2) is 0 Å². The van der Waals surface area contributed by atoms with Gasteiger partial charge in [-0.1, -0.05) is 25.7 Å². The minimum Gasteiger partial charge on any atom is -0.334 e. The van der Waals surface area contributed by atoms with Gasteiger partial charge in [0.25, 0.3) is 0 Å². The molecule has 0 aromatic rings. The molecule has 2 aliphatic heterocycles. The fourth-order valence-electron chi connectivity index (χ4n) is 2.82. The number of hydrogen-bond donors (Lipinski definition) is 0. The van der Waals surface area contributed by atoms with Crippen molar-refractivity contribution in [1.29, 1.82) is 0 Å². The second-order valence-corrected chi connectivity index (χ2v) is 5.41. The SMILES string of the molecule is O=C(C(=O)N1CCCCCC1)N1CCCCCC1. The molecule has 0 spiro atoms. The Morgan fingerprint density at radius 2 is 0.778 bits per heavy atom. The Hall–Kier alpha value is -1.06. The molecule has 2 fully saturated rings. The number of nitrogens with zero attached hydrogens (tertiary/aromatic N) is 2. The third kappa shape index (κ3) is 3.47. The Morgan fingerprint density at radius 1 is 0.500 bits per heavy atom. The molecule has 0 N–H and O–H groups in total. The lowest BCUT2D eigenvalue weighted by molar-refractivity contribution is -0.151. The summed E-state index contributed by atoms with van der Waals surface area (Å²) in [5.74, 6) is -0.530. The van der Waals surface area contributed by atoms with Gasteiger partial charge in [0.05, 0.1) is 0 Å². The highest BCUT2D eigenvalue weighted by Crippen LogP contribution is 2.13. The van der Waals surface area contributed by atoms with E-state index in [-0.39, 0.29) is 11.8 Å². The predicted octanol–water partition coefficient (Wildman–Crippen LogP) is 1.79. The van der Waals surface area contributed by atoms with E-state index in [4.69, 9.17) is 0 Å².